The molecule has 28 heavy (non-hydrogen) atoms. The highest BCUT2D eigenvalue weighted by Gasteiger charge is 2.57. The quantitative estimate of drug-likeness (QED) is 0.792. The van der Waals surface area contributed by atoms with Crippen LogP contribution in [-0.4, -0.2) is 27.7 Å². The van der Waals surface area contributed by atoms with Gasteiger partial charge in [0.15, 0.2) is 0 Å². The van der Waals surface area contributed by atoms with Crippen LogP contribution in [0.5, 0.6) is 0 Å². The average Bonchev–Trinajstić information content (AvgIpc) is 2.64. The van der Waals surface area contributed by atoms with Crippen LogP contribution >= 0.6 is 0 Å². The molecule has 0 atom stereocenters. The van der Waals surface area contributed by atoms with Gasteiger partial charge in [0, 0.05) is 13.7 Å². The molecule has 4 bridgehead atoms. The molecule has 0 saturated heterocycles. The van der Waals surface area contributed by atoms with Gasteiger partial charge in [-0.15, -0.1) is 0 Å². The highest BCUT2D eigenvalue weighted by atomic mass is 32.2. The summed E-state index contributed by atoms with van der Waals surface area (Å²) in [5, 5.41) is 0. The van der Waals surface area contributed by atoms with Crippen LogP contribution in [0.25, 0.3) is 0 Å². The monoisotopic (exact) mass is 405 g/mol. The van der Waals surface area contributed by atoms with Gasteiger partial charge in [0.1, 0.15) is 0 Å². The fourth-order valence-electron chi connectivity index (χ4n) is 6.82. The van der Waals surface area contributed by atoms with Crippen LogP contribution < -0.4 is 4.72 Å². The van der Waals surface area contributed by atoms with Gasteiger partial charge in [-0.2, -0.15) is 0 Å². The number of methoxy groups -OCH3 is 1. The molecule has 4 aliphatic rings. The summed E-state index contributed by atoms with van der Waals surface area (Å²) >= 11 is 0. The van der Waals surface area contributed by atoms with Crippen molar-refractivity contribution in [2.75, 3.05) is 13.7 Å². The summed E-state index contributed by atoms with van der Waals surface area (Å²) in [7, 11) is -1.81. The Hall–Kier alpha value is -0.910. The van der Waals surface area contributed by atoms with Crippen LogP contribution in [0.4, 0.5) is 0 Å². The van der Waals surface area contributed by atoms with Crippen LogP contribution in [0.1, 0.15) is 59.9 Å². The number of benzene rings is 1. The fraction of sp³-hybridized carbons (Fsp3) is 0.739. The largest absolute Gasteiger partial charge is 0.376 e. The third kappa shape index (κ3) is 2.88. The van der Waals surface area contributed by atoms with E-state index in [1.54, 1.807) is 7.11 Å². The smallest absolute Gasteiger partial charge is 0.241 e. The second-order valence-electron chi connectivity index (χ2n) is 9.74. The van der Waals surface area contributed by atoms with Gasteiger partial charge in [0.2, 0.25) is 10.0 Å². The topological polar surface area (TPSA) is 55.4 Å². The van der Waals surface area contributed by atoms with Crippen LogP contribution in [0.15, 0.2) is 4.90 Å². The Labute approximate surface area is 170 Å². The van der Waals surface area contributed by atoms with Crippen molar-refractivity contribution in [1.82, 2.24) is 4.72 Å². The van der Waals surface area contributed by atoms with Crippen LogP contribution in [0.3, 0.4) is 0 Å². The van der Waals surface area contributed by atoms with E-state index < -0.39 is 10.0 Å². The minimum atomic E-state index is -3.59. The molecule has 0 radical (unpaired) electrons. The Morgan fingerprint density at radius 3 is 1.68 bits per heavy atom. The Kier molecular flexibility index (Phi) is 4.96. The summed E-state index contributed by atoms with van der Waals surface area (Å²) < 4.78 is 36.0. The van der Waals surface area contributed by atoms with Gasteiger partial charge in [-0.05, 0) is 118 Å². The third-order valence-corrected chi connectivity index (χ3v) is 10.3. The lowest BCUT2D eigenvalue weighted by Gasteiger charge is -2.60. The molecule has 0 aliphatic heterocycles. The van der Waals surface area contributed by atoms with E-state index in [9.17, 15) is 8.42 Å². The van der Waals surface area contributed by atoms with Gasteiger partial charge in [-0.1, -0.05) is 0 Å². The van der Waals surface area contributed by atoms with E-state index in [0.717, 1.165) is 34.1 Å². The van der Waals surface area contributed by atoms with Gasteiger partial charge >= 0.3 is 0 Å². The van der Waals surface area contributed by atoms with Crippen molar-refractivity contribution in [2.45, 2.75) is 77.2 Å². The first kappa shape index (κ1) is 20.4. The van der Waals surface area contributed by atoms with Gasteiger partial charge in [-0.25, -0.2) is 13.1 Å². The zero-order chi connectivity index (χ0) is 20.4. The lowest BCUT2D eigenvalue weighted by atomic mass is 9.50. The molecule has 0 heterocycles. The summed E-state index contributed by atoms with van der Waals surface area (Å²) in [4.78, 5) is 0.461. The van der Waals surface area contributed by atoms with Crippen LogP contribution in [-0.2, 0) is 14.8 Å². The lowest BCUT2D eigenvalue weighted by Crippen LogP contribution is -2.63. The predicted octanol–water partition coefficient (Wildman–Crippen LogP) is 4.35. The molecule has 4 fully saturated rings. The number of sulfonamides is 1. The molecule has 1 aromatic carbocycles. The Morgan fingerprint density at radius 2 is 1.25 bits per heavy atom. The first-order chi connectivity index (χ1) is 13.1. The Bertz CT molecular complexity index is 846. The SMILES string of the molecule is COC1(CNS(=O)(=O)c2c(C)c(C)c(C)c(C)c2C)C2CC3CC(C2)CC1C3. The second-order valence-corrected chi connectivity index (χ2v) is 11.4. The van der Waals surface area contributed by atoms with Crippen molar-refractivity contribution >= 4 is 10.0 Å². The van der Waals surface area contributed by atoms with E-state index in [2.05, 4.69) is 11.6 Å². The van der Waals surface area contributed by atoms with Crippen molar-refractivity contribution in [3.8, 4) is 0 Å². The molecule has 4 aliphatic carbocycles. The van der Waals surface area contributed by atoms with E-state index >= 15 is 0 Å². The number of ether oxygens (including phenoxy) is 1. The van der Waals surface area contributed by atoms with Crippen molar-refractivity contribution < 1.29 is 13.2 Å². The molecule has 1 N–H and O–H groups in total. The van der Waals surface area contributed by atoms with E-state index in [0.29, 0.717) is 23.3 Å². The van der Waals surface area contributed by atoms with Crippen molar-refractivity contribution in [3.05, 3.63) is 27.8 Å². The summed E-state index contributed by atoms with van der Waals surface area (Å²) in [6.45, 7) is 10.4. The highest BCUT2D eigenvalue weighted by molar-refractivity contribution is 7.89. The number of rotatable bonds is 5. The fourth-order valence-corrected chi connectivity index (χ4v) is 8.50. The normalized spacial score (nSPS) is 34.2. The molecule has 4 saturated carbocycles. The van der Waals surface area contributed by atoms with Gasteiger partial charge in [0.05, 0.1) is 10.5 Å². The van der Waals surface area contributed by atoms with Crippen molar-refractivity contribution in [2.24, 2.45) is 23.7 Å². The molecule has 0 aromatic heterocycles. The first-order valence-corrected chi connectivity index (χ1v) is 12.2. The van der Waals surface area contributed by atoms with E-state index in [1.165, 1.54) is 37.7 Å². The zero-order valence-corrected chi connectivity index (χ0v) is 19.0. The molecule has 0 unspecified atom stereocenters. The number of nitrogens with one attached hydrogen (secondary N) is 1. The maximum absolute atomic E-state index is 13.4. The van der Waals surface area contributed by atoms with E-state index in [1.807, 2.05) is 27.7 Å². The predicted molar refractivity (Wildman–Crippen MR) is 112 cm³/mol. The van der Waals surface area contributed by atoms with E-state index in [4.69, 9.17) is 4.74 Å². The van der Waals surface area contributed by atoms with Crippen LogP contribution in [0, 0.1) is 58.3 Å². The minimum absolute atomic E-state index is 0.336. The average molecular weight is 406 g/mol. The molecular weight excluding hydrogens is 370 g/mol. The molecular formula is C23H35NO3S. The summed E-state index contributed by atoms with van der Waals surface area (Å²) in [5.74, 6) is 2.63. The van der Waals surface area contributed by atoms with Crippen LogP contribution in [0.2, 0.25) is 0 Å². The molecule has 0 amide bonds. The van der Waals surface area contributed by atoms with Gasteiger partial charge < -0.3 is 4.74 Å². The number of hydrogen-bond acceptors (Lipinski definition) is 3. The van der Waals surface area contributed by atoms with E-state index in [-0.39, 0.29) is 5.60 Å². The minimum Gasteiger partial charge on any atom is -0.376 e. The summed E-state index contributed by atoms with van der Waals surface area (Å²) in [6, 6.07) is 0. The lowest BCUT2D eigenvalue weighted by molar-refractivity contribution is -0.185. The van der Waals surface area contributed by atoms with Gasteiger partial charge in [0.25, 0.3) is 0 Å². The summed E-state index contributed by atoms with van der Waals surface area (Å²) in [5.41, 5.74) is 4.72. The Morgan fingerprint density at radius 1 is 0.821 bits per heavy atom. The molecule has 5 heteroatoms. The second kappa shape index (κ2) is 6.82. The first-order valence-electron chi connectivity index (χ1n) is 10.7. The maximum atomic E-state index is 13.4. The zero-order valence-electron chi connectivity index (χ0n) is 18.2. The van der Waals surface area contributed by atoms with Gasteiger partial charge in [-0.3, -0.25) is 0 Å². The van der Waals surface area contributed by atoms with Crippen molar-refractivity contribution in [1.29, 1.82) is 0 Å². The molecule has 156 valence electrons. The third-order valence-electron chi connectivity index (χ3n) is 8.64. The standard InChI is InChI=1S/C23H35NO3S/c1-13-14(2)16(4)22(17(5)15(13)3)28(25,26)24-12-23(27-6)20-8-18-7-19(10-20)11-21(23)9-18/h18-21,24H,7-12H2,1-6H3. The molecule has 1 aromatic rings. The van der Waals surface area contributed by atoms with Crippen molar-refractivity contribution in [3.63, 3.8) is 0 Å². The Balaban J connectivity index is 1.65. The molecule has 5 rings (SSSR count). The highest BCUT2D eigenvalue weighted by Crippen LogP contribution is 2.59. The summed E-state index contributed by atoms with van der Waals surface area (Å²) in [6.07, 6.45) is 6.16. The molecule has 0 spiro atoms. The molecule has 4 nitrogen and oxygen atoms in total. The number of hydrogen-bond donors (Lipinski definition) is 1. The maximum Gasteiger partial charge on any atom is 0.241 e.